The number of nitrogens with zero attached hydrogens (tertiary/aromatic N) is 1. The normalized spacial score (nSPS) is 18.2. The van der Waals surface area contributed by atoms with Gasteiger partial charge in [0.1, 0.15) is 5.69 Å². The van der Waals surface area contributed by atoms with Crippen LogP contribution in [0.25, 0.3) is 0 Å². The SMILES string of the molecule is CC(c1ccnc(C(=O)O)c1)C1CCC1. The molecule has 1 aromatic rings. The smallest absolute Gasteiger partial charge is 0.354 e. The second-order valence-electron chi connectivity index (χ2n) is 4.26. The lowest BCUT2D eigenvalue weighted by molar-refractivity contribution is 0.0690. The van der Waals surface area contributed by atoms with Gasteiger partial charge in [-0.1, -0.05) is 13.3 Å². The standard InChI is InChI=1S/C12H15NO2/c1-8(9-3-2-4-9)10-5-6-13-11(7-10)12(14)15/h5-9H,2-4H2,1H3,(H,14,15). The van der Waals surface area contributed by atoms with Crippen molar-refractivity contribution in [3.05, 3.63) is 29.6 Å². The molecule has 1 atom stereocenters. The zero-order chi connectivity index (χ0) is 10.8. The second-order valence-corrected chi connectivity index (χ2v) is 4.26. The van der Waals surface area contributed by atoms with Crippen LogP contribution in [-0.4, -0.2) is 16.1 Å². The van der Waals surface area contributed by atoms with E-state index in [1.165, 1.54) is 19.3 Å². The van der Waals surface area contributed by atoms with Crippen molar-refractivity contribution in [2.24, 2.45) is 5.92 Å². The Hall–Kier alpha value is -1.38. The van der Waals surface area contributed by atoms with Gasteiger partial charge in [0.2, 0.25) is 0 Å². The molecule has 15 heavy (non-hydrogen) atoms. The molecule has 0 saturated heterocycles. The molecular weight excluding hydrogens is 190 g/mol. The largest absolute Gasteiger partial charge is 0.477 e. The lowest BCUT2D eigenvalue weighted by Gasteiger charge is -2.31. The molecule has 0 aromatic carbocycles. The molecule has 80 valence electrons. The number of rotatable bonds is 3. The van der Waals surface area contributed by atoms with Crippen molar-refractivity contribution in [2.45, 2.75) is 32.1 Å². The van der Waals surface area contributed by atoms with Crippen molar-refractivity contribution in [3.63, 3.8) is 0 Å². The highest BCUT2D eigenvalue weighted by atomic mass is 16.4. The van der Waals surface area contributed by atoms with Gasteiger partial charge in [-0.25, -0.2) is 9.78 Å². The number of carboxylic acid groups (broad SMARTS) is 1. The molecule has 1 aliphatic carbocycles. The highest BCUT2D eigenvalue weighted by Gasteiger charge is 2.25. The molecule has 3 nitrogen and oxygen atoms in total. The molecule has 1 N–H and O–H groups in total. The Bertz CT molecular complexity index is 372. The third-order valence-electron chi connectivity index (χ3n) is 3.39. The minimum absolute atomic E-state index is 0.152. The lowest BCUT2D eigenvalue weighted by atomic mass is 9.74. The average Bonchev–Trinajstić information content (AvgIpc) is 2.15. The van der Waals surface area contributed by atoms with Crippen LogP contribution in [0, 0.1) is 5.92 Å². The van der Waals surface area contributed by atoms with E-state index in [2.05, 4.69) is 11.9 Å². The summed E-state index contributed by atoms with van der Waals surface area (Å²) in [7, 11) is 0. The highest BCUT2D eigenvalue weighted by Crippen LogP contribution is 2.38. The Kier molecular flexibility index (Phi) is 2.71. The van der Waals surface area contributed by atoms with Crippen molar-refractivity contribution in [1.29, 1.82) is 0 Å². The monoisotopic (exact) mass is 205 g/mol. The molecule has 0 amide bonds. The minimum atomic E-state index is -0.947. The van der Waals surface area contributed by atoms with Crippen LogP contribution in [0.2, 0.25) is 0 Å². The van der Waals surface area contributed by atoms with E-state index in [9.17, 15) is 4.79 Å². The molecule has 0 aliphatic heterocycles. The first-order chi connectivity index (χ1) is 7.18. The molecule has 1 unspecified atom stereocenters. The van der Waals surface area contributed by atoms with Gasteiger partial charge in [0.05, 0.1) is 0 Å². The first kappa shape index (κ1) is 10.1. The zero-order valence-electron chi connectivity index (χ0n) is 8.81. The van der Waals surface area contributed by atoms with Crippen LogP contribution in [0.5, 0.6) is 0 Å². The molecule has 3 heteroatoms. The maximum Gasteiger partial charge on any atom is 0.354 e. The zero-order valence-corrected chi connectivity index (χ0v) is 8.81. The summed E-state index contributed by atoms with van der Waals surface area (Å²) in [6, 6.07) is 3.63. The Morgan fingerprint density at radius 1 is 1.60 bits per heavy atom. The number of aromatic carboxylic acids is 1. The maximum atomic E-state index is 10.8. The van der Waals surface area contributed by atoms with Crippen LogP contribution in [0.4, 0.5) is 0 Å². The fourth-order valence-corrected chi connectivity index (χ4v) is 2.06. The van der Waals surface area contributed by atoms with Gasteiger partial charge in [0.15, 0.2) is 0 Å². The number of carboxylic acids is 1. The number of pyridine rings is 1. The third-order valence-corrected chi connectivity index (χ3v) is 3.39. The van der Waals surface area contributed by atoms with Crippen LogP contribution in [-0.2, 0) is 0 Å². The minimum Gasteiger partial charge on any atom is -0.477 e. The fraction of sp³-hybridized carbons (Fsp3) is 0.500. The van der Waals surface area contributed by atoms with Gasteiger partial charge in [0, 0.05) is 6.20 Å². The molecule has 1 heterocycles. The van der Waals surface area contributed by atoms with Crippen molar-refractivity contribution in [2.75, 3.05) is 0 Å². The predicted molar refractivity (Wildman–Crippen MR) is 57.0 cm³/mol. The summed E-state index contributed by atoms with van der Waals surface area (Å²) in [5, 5.41) is 8.84. The summed E-state index contributed by atoms with van der Waals surface area (Å²) in [4.78, 5) is 14.6. The Morgan fingerprint density at radius 3 is 2.87 bits per heavy atom. The summed E-state index contributed by atoms with van der Waals surface area (Å²) in [5.74, 6) is 0.242. The van der Waals surface area contributed by atoms with Crippen molar-refractivity contribution < 1.29 is 9.90 Å². The average molecular weight is 205 g/mol. The molecule has 2 rings (SSSR count). The molecular formula is C12H15NO2. The number of aromatic nitrogens is 1. The van der Waals surface area contributed by atoms with Gasteiger partial charge < -0.3 is 5.11 Å². The van der Waals surface area contributed by atoms with E-state index in [0.717, 1.165) is 11.5 Å². The van der Waals surface area contributed by atoms with Crippen LogP contribution < -0.4 is 0 Å². The Labute approximate surface area is 89.2 Å². The van der Waals surface area contributed by atoms with E-state index in [1.807, 2.05) is 6.07 Å². The van der Waals surface area contributed by atoms with E-state index in [-0.39, 0.29) is 5.69 Å². The van der Waals surface area contributed by atoms with Crippen molar-refractivity contribution in [1.82, 2.24) is 4.98 Å². The fourth-order valence-electron chi connectivity index (χ4n) is 2.06. The van der Waals surface area contributed by atoms with Crippen LogP contribution in [0.3, 0.4) is 0 Å². The molecule has 1 saturated carbocycles. The maximum absolute atomic E-state index is 10.8. The first-order valence-corrected chi connectivity index (χ1v) is 5.37. The molecule has 0 bridgehead atoms. The summed E-state index contributed by atoms with van der Waals surface area (Å²) >= 11 is 0. The van der Waals surface area contributed by atoms with Gasteiger partial charge >= 0.3 is 5.97 Å². The molecule has 1 aromatic heterocycles. The van der Waals surface area contributed by atoms with Gasteiger partial charge in [-0.2, -0.15) is 0 Å². The van der Waals surface area contributed by atoms with Gasteiger partial charge in [-0.3, -0.25) is 0 Å². The van der Waals surface area contributed by atoms with E-state index >= 15 is 0 Å². The molecule has 1 aliphatic rings. The quantitative estimate of drug-likeness (QED) is 0.825. The third kappa shape index (κ3) is 2.01. The van der Waals surface area contributed by atoms with E-state index in [4.69, 9.17) is 5.11 Å². The van der Waals surface area contributed by atoms with Crippen LogP contribution in [0.15, 0.2) is 18.3 Å². The van der Waals surface area contributed by atoms with Gasteiger partial charge in [-0.05, 0) is 42.4 Å². The van der Waals surface area contributed by atoms with Gasteiger partial charge in [0.25, 0.3) is 0 Å². The van der Waals surface area contributed by atoms with Crippen LogP contribution >= 0.6 is 0 Å². The van der Waals surface area contributed by atoms with E-state index in [0.29, 0.717) is 5.92 Å². The number of carbonyl (C=O) groups is 1. The first-order valence-electron chi connectivity index (χ1n) is 5.37. The predicted octanol–water partition coefficient (Wildman–Crippen LogP) is 2.68. The molecule has 0 spiro atoms. The molecule has 1 fully saturated rings. The van der Waals surface area contributed by atoms with E-state index < -0.39 is 5.97 Å². The van der Waals surface area contributed by atoms with E-state index in [1.54, 1.807) is 12.3 Å². The summed E-state index contributed by atoms with van der Waals surface area (Å²) < 4.78 is 0. The van der Waals surface area contributed by atoms with Crippen molar-refractivity contribution >= 4 is 5.97 Å². The number of hydrogen-bond acceptors (Lipinski definition) is 2. The van der Waals surface area contributed by atoms with Crippen LogP contribution in [0.1, 0.15) is 48.2 Å². The topological polar surface area (TPSA) is 50.2 Å². The van der Waals surface area contributed by atoms with Crippen molar-refractivity contribution in [3.8, 4) is 0 Å². The molecule has 0 radical (unpaired) electrons. The second kappa shape index (κ2) is 4.01. The summed E-state index contributed by atoms with van der Waals surface area (Å²) in [5.41, 5.74) is 1.26. The Balaban J connectivity index is 2.19. The summed E-state index contributed by atoms with van der Waals surface area (Å²) in [6.45, 7) is 2.17. The number of hydrogen-bond donors (Lipinski definition) is 1. The highest BCUT2D eigenvalue weighted by molar-refractivity contribution is 5.85. The lowest BCUT2D eigenvalue weighted by Crippen LogP contribution is -2.18. The summed E-state index contributed by atoms with van der Waals surface area (Å²) in [6.07, 6.45) is 5.44. The van der Waals surface area contributed by atoms with Gasteiger partial charge in [-0.15, -0.1) is 0 Å². The Morgan fingerprint density at radius 2 is 2.33 bits per heavy atom.